The van der Waals surface area contributed by atoms with E-state index in [9.17, 15) is 14.9 Å². The van der Waals surface area contributed by atoms with Crippen LogP contribution in [0.15, 0.2) is 60.7 Å². The molecular formula is C23H24N6O2. The summed E-state index contributed by atoms with van der Waals surface area (Å²) >= 11 is 0. The predicted molar refractivity (Wildman–Crippen MR) is 117 cm³/mol. The second kappa shape index (κ2) is 10.1. The number of hydrogen-bond donors (Lipinski definition) is 3. The molecule has 4 N–H and O–H groups in total. The van der Waals surface area contributed by atoms with Crippen molar-refractivity contribution >= 4 is 17.6 Å². The van der Waals surface area contributed by atoms with Gasteiger partial charge in [0.2, 0.25) is 5.91 Å². The average Bonchev–Trinajstić information content (AvgIpc) is 3.12. The van der Waals surface area contributed by atoms with Gasteiger partial charge in [-0.15, -0.1) is 0 Å². The number of benzene rings is 2. The molecule has 3 aromatic rings. The van der Waals surface area contributed by atoms with Crippen molar-refractivity contribution in [3.05, 3.63) is 77.5 Å². The Labute approximate surface area is 180 Å². The lowest BCUT2D eigenvalue weighted by atomic mass is 10.1. The van der Waals surface area contributed by atoms with Crippen LogP contribution in [0.25, 0.3) is 5.69 Å². The third-order valence-corrected chi connectivity index (χ3v) is 4.77. The monoisotopic (exact) mass is 416 g/mol. The van der Waals surface area contributed by atoms with Gasteiger partial charge in [-0.2, -0.15) is 10.4 Å². The van der Waals surface area contributed by atoms with Crippen LogP contribution in [-0.4, -0.2) is 34.2 Å². The summed E-state index contributed by atoms with van der Waals surface area (Å²) in [6.07, 6.45) is 1.06. The number of nitrogens with zero attached hydrogens (tertiary/aromatic N) is 3. The highest BCUT2D eigenvalue weighted by molar-refractivity contribution is 5.97. The zero-order valence-electron chi connectivity index (χ0n) is 17.2. The molecule has 1 unspecified atom stereocenters. The van der Waals surface area contributed by atoms with E-state index in [0.717, 1.165) is 5.69 Å². The average molecular weight is 416 g/mol. The molecule has 0 radical (unpaired) electrons. The van der Waals surface area contributed by atoms with E-state index in [0.29, 0.717) is 42.0 Å². The number of nitriles is 1. The Hall–Kier alpha value is -4.12. The first-order valence-corrected chi connectivity index (χ1v) is 9.97. The van der Waals surface area contributed by atoms with E-state index in [2.05, 4.69) is 21.8 Å². The molecule has 8 heteroatoms. The lowest BCUT2D eigenvalue weighted by molar-refractivity contribution is -0.122. The number of nitrogens with one attached hydrogen (secondary N) is 2. The van der Waals surface area contributed by atoms with E-state index < -0.39 is 6.04 Å². The summed E-state index contributed by atoms with van der Waals surface area (Å²) in [7, 11) is 0. The Bertz CT molecular complexity index is 1090. The zero-order valence-corrected chi connectivity index (χ0v) is 17.2. The number of aryl methyl sites for hydroxylation is 1. The molecule has 0 fully saturated rings. The second-order valence-corrected chi connectivity index (χ2v) is 7.02. The standard InChI is InChI=1S/C23H24N6O2/c1-16(27-23(31)17-9-4-2-5-10-17)22(30)26-14-8-13-20-19(15-24)21(25)29(28-20)18-11-6-3-7-12-18/h2-7,9-12,16H,8,13-14,25H2,1H3,(H,26,30)(H,27,31). The molecule has 0 aliphatic rings. The van der Waals surface area contributed by atoms with Crippen LogP contribution < -0.4 is 16.4 Å². The third-order valence-electron chi connectivity index (χ3n) is 4.77. The Balaban J connectivity index is 1.52. The molecule has 3 rings (SSSR count). The van der Waals surface area contributed by atoms with E-state index in [-0.39, 0.29) is 11.8 Å². The molecule has 1 atom stereocenters. The number of carbonyl (C=O) groups is 2. The zero-order chi connectivity index (χ0) is 22.2. The largest absolute Gasteiger partial charge is 0.382 e. The van der Waals surface area contributed by atoms with Crippen LogP contribution in [0.5, 0.6) is 0 Å². The lowest BCUT2D eigenvalue weighted by Crippen LogP contribution is -2.45. The van der Waals surface area contributed by atoms with Crippen molar-refractivity contribution in [2.45, 2.75) is 25.8 Å². The van der Waals surface area contributed by atoms with Gasteiger partial charge in [0, 0.05) is 12.1 Å². The van der Waals surface area contributed by atoms with Gasteiger partial charge in [0.25, 0.3) is 5.91 Å². The maximum Gasteiger partial charge on any atom is 0.251 e. The van der Waals surface area contributed by atoms with Gasteiger partial charge in [-0.1, -0.05) is 36.4 Å². The molecule has 31 heavy (non-hydrogen) atoms. The van der Waals surface area contributed by atoms with Crippen LogP contribution in [0.3, 0.4) is 0 Å². The number of hydrogen-bond acceptors (Lipinski definition) is 5. The van der Waals surface area contributed by atoms with Crippen LogP contribution >= 0.6 is 0 Å². The first-order chi connectivity index (χ1) is 15.0. The molecule has 2 amide bonds. The van der Waals surface area contributed by atoms with Crippen LogP contribution in [0, 0.1) is 11.3 Å². The van der Waals surface area contributed by atoms with Crippen LogP contribution in [0.4, 0.5) is 5.82 Å². The number of aromatic nitrogens is 2. The molecule has 0 spiro atoms. The molecule has 0 saturated carbocycles. The summed E-state index contributed by atoms with van der Waals surface area (Å²) in [6, 6.07) is 19.5. The van der Waals surface area contributed by atoms with Crippen molar-refractivity contribution in [3.63, 3.8) is 0 Å². The predicted octanol–water partition coefficient (Wildman–Crippen LogP) is 2.19. The van der Waals surface area contributed by atoms with Gasteiger partial charge in [0.15, 0.2) is 0 Å². The summed E-state index contributed by atoms with van der Waals surface area (Å²) in [5, 5.41) is 19.4. The molecule has 158 valence electrons. The lowest BCUT2D eigenvalue weighted by Gasteiger charge is -2.14. The van der Waals surface area contributed by atoms with Crippen molar-refractivity contribution < 1.29 is 9.59 Å². The summed E-state index contributed by atoms with van der Waals surface area (Å²) in [4.78, 5) is 24.4. The van der Waals surface area contributed by atoms with Crippen LogP contribution in [-0.2, 0) is 11.2 Å². The van der Waals surface area contributed by atoms with E-state index in [1.165, 1.54) is 0 Å². The smallest absolute Gasteiger partial charge is 0.251 e. The SMILES string of the molecule is CC(NC(=O)c1ccccc1)C(=O)NCCCc1nn(-c2ccccc2)c(N)c1C#N. The van der Waals surface area contributed by atoms with Gasteiger partial charge in [0.1, 0.15) is 23.5 Å². The summed E-state index contributed by atoms with van der Waals surface area (Å²) in [6.45, 7) is 2.01. The first kappa shape index (κ1) is 21.6. The number of nitrogens with two attached hydrogens (primary N) is 1. The second-order valence-electron chi connectivity index (χ2n) is 7.02. The van der Waals surface area contributed by atoms with Gasteiger partial charge in [0.05, 0.1) is 11.4 Å². The molecule has 2 aromatic carbocycles. The minimum absolute atomic E-state index is 0.279. The molecule has 1 heterocycles. The Morgan fingerprint density at radius 3 is 2.42 bits per heavy atom. The highest BCUT2D eigenvalue weighted by Crippen LogP contribution is 2.21. The highest BCUT2D eigenvalue weighted by atomic mass is 16.2. The maximum atomic E-state index is 12.3. The molecule has 0 aliphatic carbocycles. The number of anilines is 1. The quantitative estimate of drug-likeness (QED) is 0.485. The Morgan fingerprint density at radius 2 is 1.77 bits per heavy atom. The fourth-order valence-corrected chi connectivity index (χ4v) is 3.10. The van der Waals surface area contributed by atoms with Crippen molar-refractivity contribution in [1.82, 2.24) is 20.4 Å². The Morgan fingerprint density at radius 1 is 1.13 bits per heavy atom. The Kier molecular flexibility index (Phi) is 7.01. The minimum Gasteiger partial charge on any atom is -0.382 e. The van der Waals surface area contributed by atoms with E-state index in [4.69, 9.17) is 5.73 Å². The topological polar surface area (TPSA) is 126 Å². The molecule has 0 saturated heterocycles. The van der Waals surface area contributed by atoms with Gasteiger partial charge < -0.3 is 16.4 Å². The summed E-state index contributed by atoms with van der Waals surface area (Å²) in [5.74, 6) is -0.284. The highest BCUT2D eigenvalue weighted by Gasteiger charge is 2.18. The molecule has 1 aromatic heterocycles. The molecule has 0 bridgehead atoms. The van der Waals surface area contributed by atoms with E-state index in [1.54, 1.807) is 35.9 Å². The molecule has 0 aliphatic heterocycles. The third kappa shape index (κ3) is 5.28. The van der Waals surface area contributed by atoms with Crippen LogP contribution in [0.1, 0.15) is 35.0 Å². The normalized spacial score (nSPS) is 11.4. The van der Waals surface area contributed by atoms with Crippen molar-refractivity contribution in [1.29, 1.82) is 5.26 Å². The molecule has 8 nitrogen and oxygen atoms in total. The van der Waals surface area contributed by atoms with E-state index in [1.807, 2.05) is 36.4 Å². The van der Waals surface area contributed by atoms with Crippen molar-refractivity contribution in [3.8, 4) is 11.8 Å². The number of nitrogen functional groups attached to an aromatic ring is 1. The molecular weight excluding hydrogens is 392 g/mol. The van der Waals surface area contributed by atoms with Crippen molar-refractivity contribution in [2.75, 3.05) is 12.3 Å². The first-order valence-electron chi connectivity index (χ1n) is 9.97. The van der Waals surface area contributed by atoms with Gasteiger partial charge >= 0.3 is 0 Å². The summed E-state index contributed by atoms with van der Waals surface area (Å²) < 4.78 is 1.55. The maximum absolute atomic E-state index is 12.3. The van der Waals surface area contributed by atoms with Gasteiger partial charge in [-0.25, -0.2) is 4.68 Å². The number of carbonyl (C=O) groups excluding carboxylic acids is 2. The van der Waals surface area contributed by atoms with E-state index >= 15 is 0 Å². The fraction of sp³-hybridized carbons (Fsp3) is 0.217. The number of para-hydroxylation sites is 1. The van der Waals surface area contributed by atoms with Crippen molar-refractivity contribution in [2.24, 2.45) is 0 Å². The van der Waals surface area contributed by atoms with Crippen LogP contribution in [0.2, 0.25) is 0 Å². The van der Waals surface area contributed by atoms with Gasteiger partial charge in [-0.05, 0) is 44.0 Å². The minimum atomic E-state index is -0.671. The van der Waals surface area contributed by atoms with Gasteiger partial charge in [-0.3, -0.25) is 9.59 Å². The summed E-state index contributed by atoms with van der Waals surface area (Å²) in [5.41, 5.74) is 8.31. The number of rotatable bonds is 8. The fourth-order valence-electron chi connectivity index (χ4n) is 3.10. The number of amides is 2.